The van der Waals surface area contributed by atoms with Crippen molar-refractivity contribution < 1.29 is 0 Å². The van der Waals surface area contributed by atoms with E-state index >= 15 is 0 Å². The molecule has 0 heteroatoms. The second-order valence-electron chi connectivity index (χ2n) is 3.41. The lowest BCUT2D eigenvalue weighted by atomic mass is 9.86. The predicted octanol–water partition coefficient (Wildman–Crippen LogP) is 3.80. The first-order valence-electron chi connectivity index (χ1n) is 4.37. The molecule has 0 heterocycles. The zero-order valence-electron chi connectivity index (χ0n) is 8.22. The highest BCUT2D eigenvalue weighted by molar-refractivity contribution is 5.04. The molecule has 0 saturated carbocycles. The Labute approximate surface area is 71.0 Å². The molecule has 0 radical (unpaired) electrons. The lowest BCUT2D eigenvalue weighted by Gasteiger charge is -2.19. The van der Waals surface area contributed by atoms with E-state index in [-0.39, 0.29) is 0 Å². The molecule has 0 N–H and O–H groups in total. The van der Waals surface area contributed by atoms with E-state index in [4.69, 9.17) is 0 Å². The monoisotopic (exact) mass is 152 g/mol. The van der Waals surface area contributed by atoms with Gasteiger partial charge in [-0.3, -0.25) is 0 Å². The van der Waals surface area contributed by atoms with Crippen LogP contribution >= 0.6 is 0 Å². The van der Waals surface area contributed by atoms with Crippen molar-refractivity contribution in [2.75, 3.05) is 0 Å². The summed E-state index contributed by atoms with van der Waals surface area (Å²) in [6.45, 7) is 12.6. The first-order chi connectivity index (χ1) is 5.13. The van der Waals surface area contributed by atoms with E-state index < -0.39 is 0 Å². The molecule has 0 fully saturated rings. The first-order valence-corrected chi connectivity index (χ1v) is 4.37. The molecule has 0 aliphatic heterocycles. The van der Waals surface area contributed by atoms with E-state index in [9.17, 15) is 0 Å². The maximum Gasteiger partial charge on any atom is -0.0149 e. The van der Waals surface area contributed by atoms with Crippen molar-refractivity contribution in [3.05, 3.63) is 24.3 Å². The first kappa shape index (κ1) is 10.5. The summed E-state index contributed by atoms with van der Waals surface area (Å²) in [5.41, 5.74) is 1.49. The Morgan fingerprint density at radius 2 is 2.00 bits per heavy atom. The van der Waals surface area contributed by atoms with Gasteiger partial charge in [0, 0.05) is 0 Å². The Kier molecular flexibility index (Phi) is 4.93. The molecule has 11 heavy (non-hydrogen) atoms. The smallest absolute Gasteiger partial charge is 0.0149 e. The van der Waals surface area contributed by atoms with Crippen LogP contribution < -0.4 is 0 Å². The predicted molar refractivity (Wildman–Crippen MR) is 52.6 cm³/mol. The summed E-state index contributed by atoms with van der Waals surface area (Å²) < 4.78 is 0. The molecular weight excluding hydrogens is 132 g/mol. The SMILES string of the molecule is C=CC[C@H](/C(C)=C/C)C(C)C. The van der Waals surface area contributed by atoms with Crippen molar-refractivity contribution in [2.45, 2.75) is 34.1 Å². The molecule has 0 unspecified atom stereocenters. The molecular formula is C11H20. The highest BCUT2D eigenvalue weighted by Crippen LogP contribution is 2.23. The number of hydrogen-bond donors (Lipinski definition) is 0. The molecule has 0 spiro atoms. The van der Waals surface area contributed by atoms with Gasteiger partial charge in [-0.25, -0.2) is 0 Å². The van der Waals surface area contributed by atoms with Crippen molar-refractivity contribution in [1.82, 2.24) is 0 Å². The quantitative estimate of drug-likeness (QED) is 0.537. The van der Waals surface area contributed by atoms with E-state index in [0.717, 1.165) is 12.3 Å². The minimum absolute atomic E-state index is 0.692. The van der Waals surface area contributed by atoms with Crippen LogP contribution in [0, 0.1) is 11.8 Å². The maximum absolute atomic E-state index is 3.77. The van der Waals surface area contributed by atoms with Crippen molar-refractivity contribution in [1.29, 1.82) is 0 Å². The second-order valence-corrected chi connectivity index (χ2v) is 3.41. The third-order valence-electron chi connectivity index (χ3n) is 2.27. The van der Waals surface area contributed by atoms with Crippen LogP contribution in [0.5, 0.6) is 0 Å². The van der Waals surface area contributed by atoms with E-state index in [1.807, 2.05) is 6.08 Å². The Balaban J connectivity index is 4.20. The average Bonchev–Trinajstić information content (AvgIpc) is 1.98. The lowest BCUT2D eigenvalue weighted by Crippen LogP contribution is -2.08. The standard InChI is InChI=1S/C11H20/c1-6-8-11(9(3)4)10(5)7-2/h6-7,9,11H,1,8H2,2-5H3/b10-7+/t11-/m0/s1. The van der Waals surface area contributed by atoms with Gasteiger partial charge in [-0.2, -0.15) is 0 Å². The molecule has 0 aliphatic rings. The van der Waals surface area contributed by atoms with Gasteiger partial charge in [0.25, 0.3) is 0 Å². The van der Waals surface area contributed by atoms with E-state index in [1.54, 1.807) is 0 Å². The maximum atomic E-state index is 3.77. The molecule has 64 valence electrons. The van der Waals surface area contributed by atoms with Gasteiger partial charge in [0.05, 0.1) is 0 Å². The van der Waals surface area contributed by atoms with Gasteiger partial charge >= 0.3 is 0 Å². The van der Waals surface area contributed by atoms with Crippen LogP contribution in [0.15, 0.2) is 24.3 Å². The van der Waals surface area contributed by atoms with Gasteiger partial charge in [0.15, 0.2) is 0 Å². The molecule has 0 aromatic heterocycles. The third kappa shape index (κ3) is 3.41. The normalized spacial score (nSPS) is 15.2. The van der Waals surface area contributed by atoms with Gasteiger partial charge in [-0.1, -0.05) is 31.6 Å². The highest BCUT2D eigenvalue weighted by atomic mass is 14.2. The van der Waals surface area contributed by atoms with Crippen molar-refractivity contribution in [3.63, 3.8) is 0 Å². The number of rotatable bonds is 4. The Hall–Kier alpha value is -0.520. The van der Waals surface area contributed by atoms with Gasteiger partial charge in [0.1, 0.15) is 0 Å². The molecule has 0 bridgehead atoms. The minimum atomic E-state index is 0.692. The van der Waals surface area contributed by atoms with Gasteiger partial charge < -0.3 is 0 Å². The molecule has 0 amide bonds. The average molecular weight is 152 g/mol. The summed E-state index contributed by atoms with van der Waals surface area (Å²) in [6.07, 6.45) is 5.32. The fraction of sp³-hybridized carbons (Fsp3) is 0.636. The van der Waals surface area contributed by atoms with Crippen LogP contribution in [0.2, 0.25) is 0 Å². The molecule has 0 saturated heterocycles. The van der Waals surface area contributed by atoms with Crippen molar-refractivity contribution in [3.8, 4) is 0 Å². The van der Waals surface area contributed by atoms with E-state index in [1.165, 1.54) is 5.57 Å². The number of allylic oxidation sites excluding steroid dienone is 3. The molecule has 1 atom stereocenters. The number of hydrogen-bond acceptors (Lipinski definition) is 0. The Morgan fingerprint density at radius 1 is 1.45 bits per heavy atom. The Morgan fingerprint density at radius 3 is 2.27 bits per heavy atom. The molecule has 0 aliphatic carbocycles. The van der Waals surface area contributed by atoms with Crippen LogP contribution in [-0.4, -0.2) is 0 Å². The van der Waals surface area contributed by atoms with Crippen molar-refractivity contribution in [2.24, 2.45) is 11.8 Å². The summed E-state index contributed by atoms with van der Waals surface area (Å²) in [4.78, 5) is 0. The minimum Gasteiger partial charge on any atom is -0.103 e. The second kappa shape index (κ2) is 5.17. The topological polar surface area (TPSA) is 0 Å². The van der Waals surface area contributed by atoms with E-state index in [2.05, 4.69) is 40.3 Å². The van der Waals surface area contributed by atoms with E-state index in [0.29, 0.717) is 5.92 Å². The van der Waals surface area contributed by atoms with Crippen LogP contribution in [0.25, 0.3) is 0 Å². The van der Waals surface area contributed by atoms with Crippen LogP contribution in [-0.2, 0) is 0 Å². The summed E-state index contributed by atoms with van der Waals surface area (Å²) in [6, 6.07) is 0. The fourth-order valence-corrected chi connectivity index (χ4v) is 1.38. The van der Waals surface area contributed by atoms with Gasteiger partial charge in [0.2, 0.25) is 0 Å². The molecule has 0 aromatic rings. The summed E-state index contributed by atoms with van der Waals surface area (Å²) in [5, 5.41) is 0. The fourth-order valence-electron chi connectivity index (χ4n) is 1.38. The highest BCUT2D eigenvalue weighted by Gasteiger charge is 2.11. The Bertz CT molecular complexity index is 140. The summed E-state index contributed by atoms with van der Waals surface area (Å²) >= 11 is 0. The van der Waals surface area contributed by atoms with Crippen LogP contribution in [0.3, 0.4) is 0 Å². The molecule has 0 nitrogen and oxygen atoms in total. The molecule has 0 rings (SSSR count). The van der Waals surface area contributed by atoms with Crippen LogP contribution in [0.4, 0.5) is 0 Å². The molecule has 0 aromatic carbocycles. The zero-order chi connectivity index (χ0) is 8.85. The zero-order valence-corrected chi connectivity index (χ0v) is 8.22. The summed E-state index contributed by atoms with van der Waals surface area (Å²) in [7, 11) is 0. The van der Waals surface area contributed by atoms with Gasteiger partial charge in [-0.15, -0.1) is 6.58 Å². The summed E-state index contributed by atoms with van der Waals surface area (Å²) in [5.74, 6) is 1.42. The lowest BCUT2D eigenvalue weighted by molar-refractivity contribution is 0.447. The largest absolute Gasteiger partial charge is 0.103 e. The van der Waals surface area contributed by atoms with Crippen molar-refractivity contribution >= 4 is 0 Å². The third-order valence-corrected chi connectivity index (χ3v) is 2.27. The van der Waals surface area contributed by atoms with Gasteiger partial charge in [-0.05, 0) is 32.1 Å². The van der Waals surface area contributed by atoms with Crippen LogP contribution in [0.1, 0.15) is 34.1 Å².